The third-order valence-electron chi connectivity index (χ3n) is 3.57. The van der Waals surface area contributed by atoms with E-state index in [-0.39, 0.29) is 0 Å². The highest BCUT2D eigenvalue weighted by molar-refractivity contribution is 5.82. The van der Waals surface area contributed by atoms with Gasteiger partial charge in [-0.05, 0) is 42.5 Å². The Morgan fingerprint density at radius 2 is 1.96 bits per heavy atom. The Morgan fingerprint density at radius 3 is 2.78 bits per heavy atom. The Bertz CT molecular complexity index is 941. The first-order valence-electron chi connectivity index (χ1n) is 7.12. The quantitative estimate of drug-likeness (QED) is 0.596. The Kier molecular flexibility index (Phi) is 3.20. The Labute approximate surface area is 132 Å². The van der Waals surface area contributed by atoms with Crippen LogP contribution in [0.3, 0.4) is 0 Å². The second-order valence-corrected chi connectivity index (χ2v) is 5.06. The molecule has 6 nitrogen and oxygen atoms in total. The number of hydrogen-bond acceptors (Lipinski definition) is 5. The van der Waals surface area contributed by atoms with Gasteiger partial charge in [0.05, 0.1) is 25.0 Å². The van der Waals surface area contributed by atoms with Crippen molar-refractivity contribution in [1.29, 1.82) is 0 Å². The lowest BCUT2D eigenvalue weighted by Crippen LogP contribution is -1.89. The predicted molar refractivity (Wildman–Crippen MR) is 87.9 cm³/mol. The third kappa shape index (κ3) is 2.62. The first-order chi connectivity index (χ1) is 11.3. The van der Waals surface area contributed by atoms with E-state index < -0.39 is 0 Å². The molecular weight excluding hydrogens is 292 g/mol. The summed E-state index contributed by atoms with van der Waals surface area (Å²) < 4.78 is 10.9. The van der Waals surface area contributed by atoms with Crippen molar-refractivity contribution in [3.8, 4) is 17.1 Å². The lowest BCUT2D eigenvalue weighted by Gasteiger charge is -2.02. The van der Waals surface area contributed by atoms with Gasteiger partial charge in [-0.25, -0.2) is 4.98 Å². The van der Waals surface area contributed by atoms with Crippen LogP contribution < -0.4 is 10.1 Å². The van der Waals surface area contributed by atoms with Gasteiger partial charge in [-0.1, -0.05) is 0 Å². The van der Waals surface area contributed by atoms with E-state index in [1.807, 2.05) is 42.5 Å². The van der Waals surface area contributed by atoms with Gasteiger partial charge in [0.25, 0.3) is 6.01 Å². The van der Waals surface area contributed by atoms with Gasteiger partial charge in [0.15, 0.2) is 5.76 Å². The number of hydrogen-bond donors (Lipinski definition) is 2. The Hall–Kier alpha value is -3.28. The fourth-order valence-electron chi connectivity index (χ4n) is 2.36. The van der Waals surface area contributed by atoms with Crippen molar-refractivity contribution < 1.29 is 9.15 Å². The zero-order chi connectivity index (χ0) is 15.6. The van der Waals surface area contributed by atoms with Crippen LogP contribution in [0.15, 0.2) is 59.3 Å². The molecule has 0 aliphatic rings. The first-order valence-corrected chi connectivity index (χ1v) is 7.12. The third-order valence-corrected chi connectivity index (χ3v) is 3.57. The molecule has 0 saturated carbocycles. The number of nitrogens with zero attached hydrogens (tertiary/aromatic N) is 2. The largest absolute Gasteiger partial charge is 0.497 e. The van der Waals surface area contributed by atoms with Crippen molar-refractivity contribution in [3.05, 3.63) is 54.9 Å². The number of benzene rings is 2. The monoisotopic (exact) mass is 306 g/mol. The van der Waals surface area contributed by atoms with E-state index >= 15 is 0 Å². The van der Waals surface area contributed by atoms with Crippen molar-refractivity contribution >= 4 is 22.6 Å². The molecule has 23 heavy (non-hydrogen) atoms. The molecule has 2 heterocycles. The average Bonchev–Trinajstić information content (AvgIpc) is 3.24. The zero-order valence-corrected chi connectivity index (χ0v) is 12.4. The van der Waals surface area contributed by atoms with Crippen LogP contribution in [-0.2, 0) is 0 Å². The van der Waals surface area contributed by atoms with E-state index in [1.165, 1.54) is 0 Å². The van der Waals surface area contributed by atoms with E-state index in [0.29, 0.717) is 11.8 Å². The smallest absolute Gasteiger partial charge is 0.299 e. The predicted octanol–water partition coefficient (Wildman–Crippen LogP) is 3.97. The van der Waals surface area contributed by atoms with E-state index in [4.69, 9.17) is 9.15 Å². The van der Waals surface area contributed by atoms with Gasteiger partial charge in [0.2, 0.25) is 0 Å². The second-order valence-electron chi connectivity index (χ2n) is 5.06. The maximum absolute atomic E-state index is 5.75. The molecule has 0 saturated heterocycles. The number of rotatable bonds is 4. The topological polar surface area (TPSA) is 76.0 Å². The van der Waals surface area contributed by atoms with Gasteiger partial charge in [-0.15, -0.1) is 0 Å². The number of aromatic nitrogens is 3. The summed E-state index contributed by atoms with van der Waals surface area (Å²) in [5, 5.41) is 11.1. The number of methoxy groups -OCH3 is 1. The SMILES string of the molecule is COc1ccc(-c2cnc(Nc3ccc4[nH]ncc4c3)o2)cc1. The summed E-state index contributed by atoms with van der Waals surface area (Å²) in [6, 6.07) is 14.0. The first kappa shape index (κ1) is 13.4. The molecule has 0 spiro atoms. The molecule has 6 heteroatoms. The molecule has 0 amide bonds. The van der Waals surface area contributed by atoms with Gasteiger partial charge >= 0.3 is 0 Å². The summed E-state index contributed by atoms with van der Waals surface area (Å²) >= 11 is 0. The molecule has 0 aliphatic carbocycles. The standard InChI is InChI=1S/C17H14N4O2/c1-22-14-5-2-11(3-6-14)16-10-18-17(23-16)20-13-4-7-15-12(8-13)9-19-21-15/h2-10H,1H3,(H,18,20)(H,19,21). The van der Waals surface area contributed by atoms with Crippen LogP contribution in [-0.4, -0.2) is 22.3 Å². The Balaban J connectivity index is 1.56. The van der Waals surface area contributed by atoms with Crippen LogP contribution in [0.2, 0.25) is 0 Å². The summed E-state index contributed by atoms with van der Waals surface area (Å²) in [6.45, 7) is 0. The number of oxazole rings is 1. The minimum atomic E-state index is 0.443. The summed E-state index contributed by atoms with van der Waals surface area (Å²) in [7, 11) is 1.64. The van der Waals surface area contributed by atoms with Gasteiger partial charge < -0.3 is 14.5 Å². The summed E-state index contributed by atoms with van der Waals surface area (Å²) in [5.41, 5.74) is 2.82. The van der Waals surface area contributed by atoms with E-state index in [0.717, 1.165) is 27.9 Å². The minimum absolute atomic E-state index is 0.443. The van der Waals surface area contributed by atoms with Crippen LogP contribution in [0.5, 0.6) is 5.75 Å². The summed E-state index contributed by atoms with van der Waals surface area (Å²) in [6.07, 6.45) is 3.47. The minimum Gasteiger partial charge on any atom is -0.497 e. The number of ether oxygens (including phenoxy) is 1. The lowest BCUT2D eigenvalue weighted by atomic mass is 10.2. The second kappa shape index (κ2) is 5.49. The van der Waals surface area contributed by atoms with Gasteiger partial charge in [0, 0.05) is 16.6 Å². The van der Waals surface area contributed by atoms with Crippen LogP contribution in [0.25, 0.3) is 22.2 Å². The molecule has 0 bridgehead atoms. The molecule has 2 N–H and O–H groups in total. The highest BCUT2D eigenvalue weighted by atomic mass is 16.5. The van der Waals surface area contributed by atoms with Crippen LogP contribution in [0.4, 0.5) is 11.7 Å². The number of nitrogens with one attached hydrogen (secondary N) is 2. The summed E-state index contributed by atoms with van der Waals surface area (Å²) in [5.74, 6) is 1.50. The fraction of sp³-hybridized carbons (Fsp3) is 0.0588. The molecule has 4 aromatic rings. The normalized spacial score (nSPS) is 10.8. The van der Waals surface area contributed by atoms with Gasteiger partial charge in [0.1, 0.15) is 5.75 Å². The number of H-pyrrole nitrogens is 1. The maximum atomic E-state index is 5.75. The molecule has 114 valence electrons. The highest BCUT2D eigenvalue weighted by Gasteiger charge is 2.07. The fourth-order valence-corrected chi connectivity index (χ4v) is 2.36. The van der Waals surface area contributed by atoms with Crippen molar-refractivity contribution in [2.75, 3.05) is 12.4 Å². The van der Waals surface area contributed by atoms with Crippen molar-refractivity contribution in [2.24, 2.45) is 0 Å². The van der Waals surface area contributed by atoms with Crippen molar-refractivity contribution in [2.45, 2.75) is 0 Å². The molecule has 0 radical (unpaired) electrons. The molecule has 0 atom stereocenters. The van der Waals surface area contributed by atoms with E-state index in [1.54, 1.807) is 19.5 Å². The van der Waals surface area contributed by atoms with E-state index in [9.17, 15) is 0 Å². The highest BCUT2D eigenvalue weighted by Crippen LogP contribution is 2.27. The number of aromatic amines is 1. The molecule has 2 aromatic heterocycles. The Morgan fingerprint density at radius 1 is 1.09 bits per heavy atom. The molecule has 2 aromatic carbocycles. The average molecular weight is 306 g/mol. The molecule has 4 rings (SSSR count). The maximum Gasteiger partial charge on any atom is 0.299 e. The number of fused-ring (bicyclic) bond motifs is 1. The van der Waals surface area contributed by atoms with Crippen LogP contribution in [0.1, 0.15) is 0 Å². The number of anilines is 2. The van der Waals surface area contributed by atoms with Crippen LogP contribution in [0, 0.1) is 0 Å². The van der Waals surface area contributed by atoms with E-state index in [2.05, 4.69) is 20.5 Å². The lowest BCUT2D eigenvalue weighted by molar-refractivity contribution is 0.415. The van der Waals surface area contributed by atoms with Gasteiger partial charge in [-0.3, -0.25) is 5.10 Å². The molecule has 0 fully saturated rings. The van der Waals surface area contributed by atoms with Gasteiger partial charge in [-0.2, -0.15) is 5.10 Å². The van der Waals surface area contributed by atoms with Crippen molar-refractivity contribution in [3.63, 3.8) is 0 Å². The molecule has 0 aliphatic heterocycles. The summed E-state index contributed by atoms with van der Waals surface area (Å²) in [4.78, 5) is 4.27. The molecule has 0 unspecified atom stereocenters. The van der Waals surface area contributed by atoms with Crippen molar-refractivity contribution in [1.82, 2.24) is 15.2 Å². The zero-order valence-electron chi connectivity index (χ0n) is 12.4. The van der Waals surface area contributed by atoms with Crippen LogP contribution >= 0.6 is 0 Å². The molecular formula is C17H14N4O2.